The molecule has 1 aromatic carbocycles. The summed E-state index contributed by atoms with van der Waals surface area (Å²) in [6, 6.07) is 6.56. The van der Waals surface area contributed by atoms with E-state index in [4.69, 9.17) is 0 Å². The zero-order valence-corrected chi connectivity index (χ0v) is 12.6. The number of aliphatic hydroxyl groups excluding tert-OH is 1. The maximum Gasteiger partial charge on any atom is 0.273 e. The second kappa shape index (κ2) is 7.33. The zero-order chi connectivity index (χ0) is 16.1. The van der Waals surface area contributed by atoms with Crippen LogP contribution in [0.2, 0.25) is 0 Å². The van der Waals surface area contributed by atoms with E-state index in [2.05, 4.69) is 0 Å². The molecular weight excluding hydrogens is 286 g/mol. The SMILES string of the molecule is CN(CC(=O)N1CCC(O)CC1)Cc1ccccc1[N+](=O)[O-]. The predicted molar refractivity (Wildman–Crippen MR) is 81.3 cm³/mol. The summed E-state index contributed by atoms with van der Waals surface area (Å²) in [4.78, 5) is 26.3. The Labute approximate surface area is 129 Å². The van der Waals surface area contributed by atoms with Gasteiger partial charge in [-0.3, -0.25) is 19.8 Å². The lowest BCUT2D eigenvalue weighted by atomic mass is 10.1. The molecule has 1 heterocycles. The molecule has 1 aliphatic heterocycles. The van der Waals surface area contributed by atoms with Gasteiger partial charge in [0.1, 0.15) is 0 Å². The molecule has 0 radical (unpaired) electrons. The number of nitrogens with zero attached hydrogens (tertiary/aromatic N) is 3. The van der Waals surface area contributed by atoms with Gasteiger partial charge in [-0.2, -0.15) is 0 Å². The van der Waals surface area contributed by atoms with Gasteiger partial charge in [-0.25, -0.2) is 0 Å². The van der Waals surface area contributed by atoms with E-state index in [-0.39, 0.29) is 24.2 Å². The number of piperidine rings is 1. The molecule has 1 N–H and O–H groups in total. The maximum absolute atomic E-state index is 12.2. The van der Waals surface area contributed by atoms with Crippen molar-refractivity contribution in [3.8, 4) is 0 Å². The summed E-state index contributed by atoms with van der Waals surface area (Å²) in [5.41, 5.74) is 0.666. The minimum Gasteiger partial charge on any atom is -0.393 e. The van der Waals surface area contributed by atoms with Crippen LogP contribution in [0, 0.1) is 10.1 Å². The highest BCUT2D eigenvalue weighted by molar-refractivity contribution is 5.78. The standard InChI is InChI=1S/C15H21N3O4/c1-16(10-12-4-2-3-5-14(12)18(21)22)11-15(20)17-8-6-13(19)7-9-17/h2-5,13,19H,6-11H2,1H3. The summed E-state index contributed by atoms with van der Waals surface area (Å²) < 4.78 is 0. The van der Waals surface area contributed by atoms with E-state index in [0.717, 1.165) is 0 Å². The van der Waals surface area contributed by atoms with Crippen molar-refractivity contribution in [1.29, 1.82) is 0 Å². The molecule has 2 rings (SSSR count). The Hall–Kier alpha value is -1.99. The van der Waals surface area contributed by atoms with Crippen LogP contribution in [0.1, 0.15) is 18.4 Å². The first kappa shape index (κ1) is 16.4. The number of hydrogen-bond acceptors (Lipinski definition) is 5. The summed E-state index contributed by atoms with van der Waals surface area (Å²) in [6.45, 7) is 1.69. The van der Waals surface area contributed by atoms with Crippen LogP contribution in [0.5, 0.6) is 0 Å². The average molecular weight is 307 g/mol. The highest BCUT2D eigenvalue weighted by Gasteiger charge is 2.22. The number of likely N-dealkylation sites (N-methyl/N-ethyl adjacent to an activating group) is 1. The molecule has 1 fully saturated rings. The number of likely N-dealkylation sites (tertiary alicyclic amines) is 1. The van der Waals surface area contributed by atoms with Gasteiger partial charge in [-0.1, -0.05) is 18.2 Å². The molecule has 120 valence electrons. The number of rotatable bonds is 5. The highest BCUT2D eigenvalue weighted by Crippen LogP contribution is 2.19. The number of para-hydroxylation sites is 1. The molecule has 7 nitrogen and oxygen atoms in total. The van der Waals surface area contributed by atoms with Gasteiger partial charge >= 0.3 is 0 Å². The first-order valence-corrected chi connectivity index (χ1v) is 7.34. The van der Waals surface area contributed by atoms with Crippen molar-refractivity contribution >= 4 is 11.6 Å². The first-order chi connectivity index (χ1) is 10.5. The molecule has 0 unspecified atom stereocenters. The van der Waals surface area contributed by atoms with Gasteiger partial charge in [0.15, 0.2) is 0 Å². The van der Waals surface area contributed by atoms with Crippen molar-refractivity contribution in [3.05, 3.63) is 39.9 Å². The number of nitro benzene ring substituents is 1. The van der Waals surface area contributed by atoms with Crippen LogP contribution < -0.4 is 0 Å². The highest BCUT2D eigenvalue weighted by atomic mass is 16.6. The Kier molecular flexibility index (Phi) is 5.46. The summed E-state index contributed by atoms with van der Waals surface area (Å²) in [5.74, 6) is -0.00650. The Morgan fingerprint density at radius 1 is 1.41 bits per heavy atom. The van der Waals surface area contributed by atoms with Gasteiger partial charge in [-0.15, -0.1) is 0 Å². The largest absolute Gasteiger partial charge is 0.393 e. The molecule has 0 aromatic heterocycles. The molecule has 0 atom stereocenters. The Balaban J connectivity index is 1.91. The summed E-state index contributed by atoms with van der Waals surface area (Å²) >= 11 is 0. The number of amides is 1. The third kappa shape index (κ3) is 4.25. The number of benzene rings is 1. The lowest BCUT2D eigenvalue weighted by Crippen LogP contribution is -2.44. The van der Waals surface area contributed by atoms with Crippen LogP contribution in [0.4, 0.5) is 5.69 Å². The molecule has 0 saturated carbocycles. The minimum atomic E-state index is -0.406. The molecule has 0 bridgehead atoms. The van der Waals surface area contributed by atoms with Crippen LogP contribution >= 0.6 is 0 Å². The maximum atomic E-state index is 12.2. The van der Waals surface area contributed by atoms with E-state index in [1.807, 2.05) is 0 Å². The quantitative estimate of drug-likeness (QED) is 0.648. The van der Waals surface area contributed by atoms with Crippen molar-refractivity contribution in [2.45, 2.75) is 25.5 Å². The average Bonchev–Trinajstić information content (AvgIpc) is 2.48. The fourth-order valence-corrected chi connectivity index (χ4v) is 2.62. The second-order valence-electron chi connectivity index (χ2n) is 5.67. The second-order valence-corrected chi connectivity index (χ2v) is 5.67. The van der Waals surface area contributed by atoms with Crippen molar-refractivity contribution < 1.29 is 14.8 Å². The van der Waals surface area contributed by atoms with Gasteiger partial charge in [0, 0.05) is 31.3 Å². The summed E-state index contributed by atoms with van der Waals surface area (Å²) in [6.07, 6.45) is 0.910. The zero-order valence-electron chi connectivity index (χ0n) is 12.6. The van der Waals surface area contributed by atoms with Crippen molar-refractivity contribution in [1.82, 2.24) is 9.80 Å². The summed E-state index contributed by atoms with van der Waals surface area (Å²) in [5, 5.41) is 20.4. The van der Waals surface area contributed by atoms with E-state index in [1.54, 1.807) is 35.0 Å². The van der Waals surface area contributed by atoms with Gasteiger partial charge in [0.05, 0.1) is 17.6 Å². The molecule has 0 aliphatic carbocycles. The van der Waals surface area contributed by atoms with Crippen molar-refractivity contribution in [3.63, 3.8) is 0 Å². The monoisotopic (exact) mass is 307 g/mol. The number of nitro groups is 1. The fourth-order valence-electron chi connectivity index (χ4n) is 2.62. The number of carbonyl (C=O) groups is 1. The lowest BCUT2D eigenvalue weighted by molar-refractivity contribution is -0.385. The van der Waals surface area contributed by atoms with Gasteiger partial charge in [0.2, 0.25) is 5.91 Å². The third-order valence-electron chi connectivity index (χ3n) is 3.85. The third-order valence-corrected chi connectivity index (χ3v) is 3.85. The number of hydrogen-bond donors (Lipinski definition) is 1. The van der Waals surface area contributed by atoms with Crippen LogP contribution in [0.3, 0.4) is 0 Å². The molecule has 1 aliphatic rings. The van der Waals surface area contributed by atoms with Crippen LogP contribution in [-0.2, 0) is 11.3 Å². The van der Waals surface area contributed by atoms with Crippen molar-refractivity contribution in [2.24, 2.45) is 0 Å². The normalized spacial score (nSPS) is 16.0. The van der Waals surface area contributed by atoms with E-state index in [9.17, 15) is 20.0 Å². The van der Waals surface area contributed by atoms with E-state index in [1.165, 1.54) is 6.07 Å². The predicted octanol–water partition coefficient (Wildman–Crippen LogP) is 1.01. The van der Waals surface area contributed by atoms with E-state index in [0.29, 0.717) is 38.0 Å². The molecular formula is C15H21N3O4. The Bertz CT molecular complexity index is 541. The first-order valence-electron chi connectivity index (χ1n) is 7.34. The van der Waals surface area contributed by atoms with Gasteiger partial charge in [0.25, 0.3) is 5.69 Å². The topological polar surface area (TPSA) is 86.9 Å². The van der Waals surface area contributed by atoms with E-state index >= 15 is 0 Å². The molecule has 22 heavy (non-hydrogen) atoms. The molecule has 1 amide bonds. The summed E-state index contributed by atoms with van der Waals surface area (Å²) in [7, 11) is 1.77. The fraction of sp³-hybridized carbons (Fsp3) is 0.533. The van der Waals surface area contributed by atoms with Crippen LogP contribution in [0.25, 0.3) is 0 Å². The number of aliphatic hydroxyl groups is 1. The lowest BCUT2D eigenvalue weighted by Gasteiger charge is -2.31. The minimum absolute atomic E-state index is 0.00650. The Morgan fingerprint density at radius 3 is 2.68 bits per heavy atom. The Morgan fingerprint density at radius 2 is 2.05 bits per heavy atom. The molecule has 7 heteroatoms. The van der Waals surface area contributed by atoms with Gasteiger partial charge < -0.3 is 10.0 Å². The van der Waals surface area contributed by atoms with Crippen LogP contribution in [-0.4, -0.2) is 58.5 Å². The van der Waals surface area contributed by atoms with Crippen LogP contribution in [0.15, 0.2) is 24.3 Å². The molecule has 1 saturated heterocycles. The molecule has 1 aromatic rings. The van der Waals surface area contributed by atoms with Gasteiger partial charge in [-0.05, 0) is 19.9 Å². The van der Waals surface area contributed by atoms with E-state index < -0.39 is 4.92 Å². The smallest absolute Gasteiger partial charge is 0.273 e. The number of carbonyl (C=O) groups excluding carboxylic acids is 1. The molecule has 0 spiro atoms. The van der Waals surface area contributed by atoms with Crippen molar-refractivity contribution in [2.75, 3.05) is 26.7 Å².